The van der Waals surface area contributed by atoms with Crippen LogP contribution >= 0.6 is 0 Å². The maximum Gasteiger partial charge on any atom is 0.306 e. The Hall–Kier alpha value is -4.22. The number of hydrogen-bond acceptors (Lipinski definition) is 5. The first-order valence-corrected chi connectivity index (χ1v) is 25.4. The van der Waals surface area contributed by atoms with Crippen LogP contribution in [-0.4, -0.2) is 37.9 Å². The van der Waals surface area contributed by atoms with Crippen LogP contribution in [-0.2, 0) is 23.8 Å². The van der Waals surface area contributed by atoms with Crippen molar-refractivity contribution in [2.24, 2.45) is 0 Å². The van der Waals surface area contributed by atoms with E-state index in [4.69, 9.17) is 14.2 Å². The molecule has 0 N–H and O–H groups in total. The summed E-state index contributed by atoms with van der Waals surface area (Å²) in [7, 11) is 0. The summed E-state index contributed by atoms with van der Waals surface area (Å²) >= 11 is 0. The average molecular weight is 881 g/mol. The molecule has 0 amide bonds. The molecule has 0 bridgehead atoms. The summed E-state index contributed by atoms with van der Waals surface area (Å²) < 4.78 is 17.3. The van der Waals surface area contributed by atoms with Gasteiger partial charge in [0.25, 0.3) is 0 Å². The molecule has 0 aliphatic rings. The van der Waals surface area contributed by atoms with Crippen molar-refractivity contribution in [1.29, 1.82) is 0 Å². The van der Waals surface area contributed by atoms with Crippen molar-refractivity contribution in [3.05, 3.63) is 146 Å². The molecule has 0 aliphatic heterocycles. The van der Waals surface area contributed by atoms with Crippen LogP contribution < -0.4 is 0 Å². The van der Waals surface area contributed by atoms with Crippen LogP contribution in [0.25, 0.3) is 0 Å². The largest absolute Gasteiger partial charge is 0.462 e. The minimum atomic E-state index is -0.602. The molecule has 358 valence electrons. The second-order valence-electron chi connectivity index (χ2n) is 15.9. The molecule has 0 fully saturated rings. The maximum atomic E-state index is 12.8. The van der Waals surface area contributed by atoms with Crippen LogP contribution in [0.3, 0.4) is 0 Å². The first kappa shape index (κ1) is 59.8. The molecule has 5 heteroatoms. The van der Waals surface area contributed by atoms with E-state index in [-0.39, 0.29) is 31.6 Å². The fourth-order valence-corrected chi connectivity index (χ4v) is 6.15. The second kappa shape index (κ2) is 53.1. The fraction of sp³-hybridized carbons (Fsp3) is 0.559. The molecule has 64 heavy (non-hydrogen) atoms. The Kier molecular flexibility index (Phi) is 49.6. The third-order valence-electron chi connectivity index (χ3n) is 9.83. The number of esters is 2. The van der Waals surface area contributed by atoms with Gasteiger partial charge in [-0.1, -0.05) is 199 Å². The van der Waals surface area contributed by atoms with Crippen LogP contribution in [0.4, 0.5) is 0 Å². The molecule has 5 nitrogen and oxygen atoms in total. The SMILES string of the molecule is CC/C=C\C/C=C\C/C=C\C/C=C\C/C=C\C/C=C\CCC(=O)OCC(COCCCCC/C=C\C/C=C\C/C=C\C/C=C\CC)OC(=O)CCCCCCC/C=C\C/C=C\CCC. The number of rotatable bonds is 44. The number of ether oxygens (including phenoxy) is 3. The number of carbonyl (C=O) groups is 2. The lowest BCUT2D eigenvalue weighted by molar-refractivity contribution is -0.162. The molecule has 1 atom stereocenters. The highest BCUT2D eigenvalue weighted by Crippen LogP contribution is 2.11. The van der Waals surface area contributed by atoms with Gasteiger partial charge in [0.1, 0.15) is 6.61 Å². The summed E-state index contributed by atoms with van der Waals surface area (Å²) in [5.74, 6) is -0.543. The maximum absolute atomic E-state index is 12.8. The molecular formula is C59H92O5. The van der Waals surface area contributed by atoms with Crippen LogP contribution in [0.5, 0.6) is 0 Å². The molecule has 0 rings (SSSR count). The minimum Gasteiger partial charge on any atom is -0.462 e. The average Bonchev–Trinajstić information content (AvgIpc) is 3.30. The zero-order valence-corrected chi connectivity index (χ0v) is 41.0. The molecule has 0 saturated heterocycles. The van der Waals surface area contributed by atoms with Gasteiger partial charge in [0, 0.05) is 19.4 Å². The summed E-state index contributed by atoms with van der Waals surface area (Å²) in [6, 6.07) is 0. The summed E-state index contributed by atoms with van der Waals surface area (Å²) in [6.07, 6.45) is 77.2. The molecule has 0 saturated carbocycles. The van der Waals surface area contributed by atoms with Crippen molar-refractivity contribution in [3.63, 3.8) is 0 Å². The van der Waals surface area contributed by atoms with E-state index in [2.05, 4.69) is 161 Å². The van der Waals surface area contributed by atoms with E-state index in [1.807, 2.05) is 6.08 Å². The van der Waals surface area contributed by atoms with Gasteiger partial charge in [-0.15, -0.1) is 0 Å². The van der Waals surface area contributed by atoms with Gasteiger partial charge in [0.15, 0.2) is 6.10 Å². The van der Waals surface area contributed by atoms with Crippen molar-refractivity contribution in [3.8, 4) is 0 Å². The zero-order chi connectivity index (χ0) is 46.3. The monoisotopic (exact) mass is 881 g/mol. The topological polar surface area (TPSA) is 61.8 Å². The van der Waals surface area contributed by atoms with Gasteiger partial charge in [-0.25, -0.2) is 0 Å². The number of allylic oxidation sites excluding steroid dienone is 24. The predicted octanol–water partition coefficient (Wildman–Crippen LogP) is 17.3. The molecule has 0 radical (unpaired) electrons. The Morgan fingerprint density at radius 3 is 1.19 bits per heavy atom. The van der Waals surface area contributed by atoms with Crippen molar-refractivity contribution >= 4 is 11.9 Å². The molecule has 0 heterocycles. The van der Waals surface area contributed by atoms with Crippen LogP contribution in [0.15, 0.2) is 146 Å². The highest BCUT2D eigenvalue weighted by molar-refractivity contribution is 5.70. The molecule has 0 aromatic rings. The van der Waals surface area contributed by atoms with Gasteiger partial charge in [0.05, 0.1) is 6.61 Å². The van der Waals surface area contributed by atoms with Crippen LogP contribution in [0.2, 0.25) is 0 Å². The first-order chi connectivity index (χ1) is 31.6. The van der Waals surface area contributed by atoms with Crippen LogP contribution in [0, 0.1) is 0 Å². The van der Waals surface area contributed by atoms with Crippen molar-refractivity contribution in [1.82, 2.24) is 0 Å². The summed E-state index contributed by atoms with van der Waals surface area (Å²) in [5.41, 5.74) is 0. The molecule has 0 aromatic heterocycles. The molecular weight excluding hydrogens is 789 g/mol. The van der Waals surface area contributed by atoms with E-state index in [1.165, 1.54) is 19.3 Å². The smallest absolute Gasteiger partial charge is 0.306 e. The van der Waals surface area contributed by atoms with Crippen molar-refractivity contribution in [2.45, 2.75) is 194 Å². The fourth-order valence-electron chi connectivity index (χ4n) is 6.15. The third-order valence-corrected chi connectivity index (χ3v) is 9.83. The molecule has 0 aliphatic carbocycles. The van der Waals surface area contributed by atoms with E-state index >= 15 is 0 Å². The van der Waals surface area contributed by atoms with Gasteiger partial charge >= 0.3 is 11.9 Å². The van der Waals surface area contributed by atoms with Gasteiger partial charge < -0.3 is 14.2 Å². The van der Waals surface area contributed by atoms with Gasteiger partial charge in [-0.3, -0.25) is 9.59 Å². The Bertz CT molecular complexity index is 1410. The van der Waals surface area contributed by atoms with Gasteiger partial charge in [0.2, 0.25) is 0 Å². The van der Waals surface area contributed by atoms with E-state index in [0.29, 0.717) is 19.4 Å². The van der Waals surface area contributed by atoms with E-state index in [1.54, 1.807) is 0 Å². The molecule has 0 aromatic carbocycles. The molecule has 0 spiro atoms. The number of hydrogen-bond donors (Lipinski definition) is 0. The first-order valence-electron chi connectivity index (χ1n) is 25.4. The lowest BCUT2D eigenvalue weighted by Crippen LogP contribution is -2.30. The van der Waals surface area contributed by atoms with Crippen molar-refractivity contribution in [2.75, 3.05) is 19.8 Å². The normalized spacial score (nSPS) is 13.5. The number of carbonyl (C=O) groups excluding carboxylic acids is 2. The summed E-state index contributed by atoms with van der Waals surface area (Å²) in [4.78, 5) is 25.4. The highest BCUT2D eigenvalue weighted by Gasteiger charge is 2.17. The van der Waals surface area contributed by atoms with Crippen LogP contribution in [0.1, 0.15) is 188 Å². The predicted molar refractivity (Wildman–Crippen MR) is 278 cm³/mol. The Labute approximate surface area is 393 Å². The molecule has 1 unspecified atom stereocenters. The summed E-state index contributed by atoms with van der Waals surface area (Å²) in [6.45, 7) is 7.34. The van der Waals surface area contributed by atoms with E-state index in [0.717, 1.165) is 128 Å². The van der Waals surface area contributed by atoms with Crippen molar-refractivity contribution < 1.29 is 23.8 Å². The second-order valence-corrected chi connectivity index (χ2v) is 15.9. The lowest BCUT2D eigenvalue weighted by atomic mass is 10.1. The summed E-state index contributed by atoms with van der Waals surface area (Å²) in [5, 5.41) is 0. The zero-order valence-electron chi connectivity index (χ0n) is 41.0. The Balaban J connectivity index is 4.49. The van der Waals surface area contributed by atoms with Gasteiger partial charge in [-0.2, -0.15) is 0 Å². The Morgan fingerprint density at radius 2 is 0.734 bits per heavy atom. The third kappa shape index (κ3) is 50.4. The van der Waals surface area contributed by atoms with E-state index in [9.17, 15) is 9.59 Å². The number of unbranched alkanes of at least 4 members (excludes halogenated alkanes) is 9. The van der Waals surface area contributed by atoms with E-state index < -0.39 is 6.10 Å². The lowest BCUT2D eigenvalue weighted by Gasteiger charge is -2.18. The quantitative estimate of drug-likeness (QED) is 0.0347. The highest BCUT2D eigenvalue weighted by atomic mass is 16.6. The standard InChI is InChI=1S/C59H92O5/c1-4-7-10-13-16-19-22-25-27-29-30-31-32-35-37-40-43-46-49-52-58(60)63-56-57(64-59(61)53-50-47-44-41-38-34-24-21-18-15-12-9-6-3)55-62-54-51-48-45-42-39-36-33-28-26-23-20-17-14-11-8-5-2/h7-8,10-12,15-17,19-21,24-28,30-31,35-37,39,43,46,57H,4-6,9,13-14,18,22-23,29,32-34,38,40-42,44-45,47-56H2,1-3H3/b10-7-,11-8-,15-12-,19-16-,20-17-,24-21-,27-25-,28-26-,31-30-,37-35-,39-36-,46-43-. The van der Waals surface area contributed by atoms with Gasteiger partial charge in [-0.05, 0) is 122 Å². The minimum absolute atomic E-state index is 0.0159. The Morgan fingerprint density at radius 1 is 0.359 bits per heavy atom.